The number of hydrogen-bond acceptors (Lipinski definition) is 4. The van der Waals surface area contributed by atoms with Crippen LogP contribution in [0.1, 0.15) is 37.4 Å². The van der Waals surface area contributed by atoms with E-state index in [1.165, 1.54) is 0 Å². The molecule has 21 heavy (non-hydrogen) atoms. The standard InChI is InChI=1S/C16H23N3O2/c1-4-13-16(21)18-14(20)9-19(13)15(11(3)17)12-8-6-5-7-10(12)2/h5-8,11,13,15H,4,9,17H2,1-3H3,(H,18,20,21). The Labute approximate surface area is 125 Å². The van der Waals surface area contributed by atoms with E-state index >= 15 is 0 Å². The molecule has 0 spiro atoms. The van der Waals surface area contributed by atoms with Gasteiger partial charge in [-0.25, -0.2) is 0 Å². The molecule has 0 aromatic heterocycles. The van der Waals surface area contributed by atoms with Gasteiger partial charge < -0.3 is 5.73 Å². The number of imide groups is 1. The van der Waals surface area contributed by atoms with Crippen molar-refractivity contribution in [2.75, 3.05) is 6.54 Å². The quantitative estimate of drug-likeness (QED) is 0.815. The molecule has 0 aliphatic carbocycles. The molecule has 2 amide bonds. The topological polar surface area (TPSA) is 75.4 Å². The minimum absolute atomic E-state index is 0.147. The molecule has 5 nitrogen and oxygen atoms in total. The Hall–Kier alpha value is -1.72. The Morgan fingerprint density at radius 2 is 2.05 bits per heavy atom. The molecule has 1 aromatic carbocycles. The first-order valence-corrected chi connectivity index (χ1v) is 7.36. The number of carbonyl (C=O) groups excluding carboxylic acids is 2. The number of nitrogens with one attached hydrogen (secondary N) is 1. The average Bonchev–Trinajstić information content (AvgIpc) is 2.40. The van der Waals surface area contributed by atoms with Gasteiger partial charge in [-0.1, -0.05) is 31.2 Å². The minimum Gasteiger partial charge on any atom is -0.326 e. The van der Waals surface area contributed by atoms with Crippen molar-refractivity contribution in [3.8, 4) is 0 Å². The van der Waals surface area contributed by atoms with Crippen molar-refractivity contribution in [3.63, 3.8) is 0 Å². The molecule has 1 saturated heterocycles. The van der Waals surface area contributed by atoms with Gasteiger partial charge in [0.05, 0.1) is 18.6 Å². The van der Waals surface area contributed by atoms with E-state index in [9.17, 15) is 9.59 Å². The molecule has 0 bridgehead atoms. The van der Waals surface area contributed by atoms with Crippen LogP contribution in [0, 0.1) is 6.92 Å². The summed E-state index contributed by atoms with van der Waals surface area (Å²) in [6.45, 7) is 6.09. The predicted octanol–water partition coefficient (Wildman–Crippen LogP) is 1.12. The van der Waals surface area contributed by atoms with Crippen molar-refractivity contribution >= 4 is 11.8 Å². The maximum absolute atomic E-state index is 12.1. The van der Waals surface area contributed by atoms with Crippen LogP contribution < -0.4 is 11.1 Å². The summed E-state index contributed by atoms with van der Waals surface area (Å²) in [6.07, 6.45) is 0.647. The lowest BCUT2D eigenvalue weighted by Gasteiger charge is -2.41. The molecule has 1 fully saturated rings. The highest BCUT2D eigenvalue weighted by molar-refractivity contribution is 6.01. The molecule has 3 atom stereocenters. The monoisotopic (exact) mass is 289 g/mol. The van der Waals surface area contributed by atoms with Crippen LogP contribution >= 0.6 is 0 Å². The normalized spacial score (nSPS) is 22.8. The van der Waals surface area contributed by atoms with Gasteiger partial charge >= 0.3 is 0 Å². The van der Waals surface area contributed by atoms with Gasteiger partial charge in [-0.2, -0.15) is 0 Å². The zero-order valence-electron chi connectivity index (χ0n) is 12.8. The zero-order chi connectivity index (χ0) is 15.6. The summed E-state index contributed by atoms with van der Waals surface area (Å²) in [7, 11) is 0. The number of nitrogens with zero attached hydrogens (tertiary/aromatic N) is 1. The summed E-state index contributed by atoms with van der Waals surface area (Å²) < 4.78 is 0. The van der Waals surface area contributed by atoms with E-state index in [1.54, 1.807) is 0 Å². The van der Waals surface area contributed by atoms with E-state index in [4.69, 9.17) is 5.73 Å². The fraction of sp³-hybridized carbons (Fsp3) is 0.500. The van der Waals surface area contributed by atoms with E-state index in [-0.39, 0.29) is 36.5 Å². The third kappa shape index (κ3) is 3.14. The molecule has 1 aliphatic rings. The molecule has 0 radical (unpaired) electrons. The predicted molar refractivity (Wildman–Crippen MR) is 81.5 cm³/mol. The first-order valence-electron chi connectivity index (χ1n) is 7.36. The summed E-state index contributed by atoms with van der Waals surface area (Å²) in [5.74, 6) is -0.489. The number of nitrogens with two attached hydrogens (primary N) is 1. The SMILES string of the molecule is CCC1C(=O)NC(=O)CN1C(c1ccccc1C)C(C)N. The Morgan fingerprint density at radius 3 is 2.62 bits per heavy atom. The van der Waals surface area contributed by atoms with Crippen molar-refractivity contribution in [3.05, 3.63) is 35.4 Å². The van der Waals surface area contributed by atoms with Crippen LogP contribution in [0.15, 0.2) is 24.3 Å². The third-order valence-corrected chi connectivity index (χ3v) is 4.04. The summed E-state index contributed by atoms with van der Waals surface area (Å²) in [4.78, 5) is 25.8. The number of benzene rings is 1. The van der Waals surface area contributed by atoms with Crippen molar-refractivity contribution in [2.45, 2.75) is 45.3 Å². The number of aryl methyl sites for hydroxylation is 1. The van der Waals surface area contributed by atoms with E-state index in [0.717, 1.165) is 11.1 Å². The number of amides is 2. The molecule has 0 saturated carbocycles. The second kappa shape index (κ2) is 6.37. The number of rotatable bonds is 4. The van der Waals surface area contributed by atoms with Gasteiger partial charge in [0.15, 0.2) is 0 Å². The molecule has 2 rings (SSSR count). The lowest BCUT2D eigenvalue weighted by molar-refractivity contribution is -0.142. The number of hydrogen-bond donors (Lipinski definition) is 2. The van der Waals surface area contributed by atoms with Crippen molar-refractivity contribution in [2.24, 2.45) is 5.73 Å². The highest BCUT2D eigenvalue weighted by Gasteiger charge is 2.38. The van der Waals surface area contributed by atoms with Gasteiger partial charge in [-0.15, -0.1) is 0 Å². The zero-order valence-corrected chi connectivity index (χ0v) is 12.8. The fourth-order valence-electron chi connectivity index (χ4n) is 3.08. The highest BCUT2D eigenvalue weighted by Crippen LogP contribution is 2.30. The van der Waals surface area contributed by atoms with Crippen LogP contribution in [0.4, 0.5) is 0 Å². The summed E-state index contributed by atoms with van der Waals surface area (Å²) in [6, 6.07) is 7.33. The highest BCUT2D eigenvalue weighted by atomic mass is 16.2. The van der Waals surface area contributed by atoms with Crippen molar-refractivity contribution in [1.82, 2.24) is 10.2 Å². The Morgan fingerprint density at radius 1 is 1.38 bits per heavy atom. The van der Waals surface area contributed by atoms with Gasteiger partial charge in [0.2, 0.25) is 11.8 Å². The fourth-order valence-corrected chi connectivity index (χ4v) is 3.08. The van der Waals surface area contributed by atoms with E-state index in [2.05, 4.69) is 5.32 Å². The van der Waals surface area contributed by atoms with Crippen molar-refractivity contribution in [1.29, 1.82) is 0 Å². The summed E-state index contributed by atoms with van der Waals surface area (Å²) >= 11 is 0. The molecule has 1 heterocycles. The molecular weight excluding hydrogens is 266 g/mol. The average molecular weight is 289 g/mol. The molecule has 1 aromatic rings. The molecule has 3 N–H and O–H groups in total. The van der Waals surface area contributed by atoms with Gasteiger partial charge in [0.1, 0.15) is 0 Å². The Kier molecular flexibility index (Phi) is 4.75. The van der Waals surface area contributed by atoms with Crippen molar-refractivity contribution < 1.29 is 9.59 Å². The van der Waals surface area contributed by atoms with Crippen LogP contribution in [0.5, 0.6) is 0 Å². The summed E-state index contributed by atoms with van der Waals surface area (Å²) in [5.41, 5.74) is 8.39. The van der Waals surface area contributed by atoms with Gasteiger partial charge in [-0.3, -0.25) is 19.8 Å². The van der Waals surface area contributed by atoms with Gasteiger partial charge in [0, 0.05) is 6.04 Å². The summed E-state index contributed by atoms with van der Waals surface area (Å²) in [5, 5.41) is 2.41. The lowest BCUT2D eigenvalue weighted by Crippen LogP contribution is -2.60. The van der Waals surface area contributed by atoms with Crippen LogP contribution in [0.3, 0.4) is 0 Å². The van der Waals surface area contributed by atoms with Gasteiger partial charge in [0.25, 0.3) is 0 Å². The lowest BCUT2D eigenvalue weighted by atomic mass is 9.92. The maximum Gasteiger partial charge on any atom is 0.243 e. The second-order valence-corrected chi connectivity index (χ2v) is 5.67. The Balaban J connectivity index is 2.43. The van der Waals surface area contributed by atoms with Crippen LogP contribution in [-0.2, 0) is 9.59 Å². The molecule has 114 valence electrons. The van der Waals surface area contributed by atoms with E-state index in [0.29, 0.717) is 6.42 Å². The smallest absolute Gasteiger partial charge is 0.243 e. The molecule has 5 heteroatoms. The molecule has 3 unspecified atom stereocenters. The largest absolute Gasteiger partial charge is 0.326 e. The van der Waals surface area contributed by atoms with Crippen LogP contribution in [-0.4, -0.2) is 35.3 Å². The van der Waals surface area contributed by atoms with E-state index in [1.807, 2.05) is 49.9 Å². The second-order valence-electron chi connectivity index (χ2n) is 5.67. The van der Waals surface area contributed by atoms with Crippen LogP contribution in [0.25, 0.3) is 0 Å². The van der Waals surface area contributed by atoms with E-state index < -0.39 is 0 Å². The Bertz CT molecular complexity index is 542. The first-order chi connectivity index (χ1) is 9.95. The number of carbonyl (C=O) groups is 2. The maximum atomic E-state index is 12.1. The number of piperazine rings is 1. The first kappa shape index (κ1) is 15.7. The molecular formula is C16H23N3O2. The van der Waals surface area contributed by atoms with Crippen LogP contribution in [0.2, 0.25) is 0 Å². The van der Waals surface area contributed by atoms with Gasteiger partial charge in [-0.05, 0) is 31.4 Å². The minimum atomic E-state index is -0.321. The molecule has 1 aliphatic heterocycles. The third-order valence-electron chi connectivity index (χ3n) is 4.04.